The molecule has 2 amide bonds. The third-order valence-electron chi connectivity index (χ3n) is 4.46. The Bertz CT molecular complexity index is 1080. The van der Waals surface area contributed by atoms with Crippen LogP contribution in [0.1, 0.15) is 27.6 Å². The fourth-order valence-electron chi connectivity index (χ4n) is 3.03. The Labute approximate surface area is 168 Å². The third kappa shape index (κ3) is 3.71. The maximum Gasteiger partial charge on any atom is 0.267 e. The molecule has 0 fully saturated rings. The van der Waals surface area contributed by atoms with Crippen molar-refractivity contribution in [3.05, 3.63) is 108 Å². The number of nitrogens with zero attached hydrogens (tertiary/aromatic N) is 2. The van der Waals surface area contributed by atoms with Crippen LogP contribution in [0.25, 0.3) is 0 Å². The molecule has 0 bridgehead atoms. The molecule has 5 heteroatoms. The molecule has 1 heterocycles. The van der Waals surface area contributed by atoms with E-state index in [1.807, 2.05) is 60.7 Å². The van der Waals surface area contributed by atoms with E-state index in [0.29, 0.717) is 28.1 Å². The predicted molar refractivity (Wildman–Crippen MR) is 111 cm³/mol. The molecule has 1 aliphatic rings. The summed E-state index contributed by atoms with van der Waals surface area (Å²) in [4.78, 5) is 31.6. The van der Waals surface area contributed by atoms with Gasteiger partial charge in [-0.3, -0.25) is 9.59 Å². The van der Waals surface area contributed by atoms with Crippen LogP contribution in [0.3, 0.4) is 0 Å². The summed E-state index contributed by atoms with van der Waals surface area (Å²) >= 11 is 0. The van der Waals surface area contributed by atoms with Gasteiger partial charge < -0.3 is 4.74 Å². The van der Waals surface area contributed by atoms with E-state index < -0.39 is 11.8 Å². The number of amides is 2. The molecule has 0 N–H and O–H groups in total. The summed E-state index contributed by atoms with van der Waals surface area (Å²) in [6.07, 6.45) is 1.50. The minimum Gasteiger partial charge on any atom is -0.465 e. The number of benzene rings is 3. The summed E-state index contributed by atoms with van der Waals surface area (Å²) in [6, 6.07) is 25.2. The Kier molecular flexibility index (Phi) is 5.03. The van der Waals surface area contributed by atoms with Crippen LogP contribution in [0.4, 0.5) is 5.69 Å². The lowest BCUT2D eigenvalue weighted by atomic mass is 10.1. The topological polar surface area (TPSA) is 59.0 Å². The van der Waals surface area contributed by atoms with Crippen LogP contribution in [0.2, 0.25) is 0 Å². The number of ether oxygens (including phenoxy) is 1. The first kappa shape index (κ1) is 18.4. The molecular weight excluding hydrogens is 364 g/mol. The lowest BCUT2D eigenvalue weighted by Crippen LogP contribution is -2.37. The van der Waals surface area contributed by atoms with Crippen LogP contribution >= 0.6 is 0 Å². The first-order valence-electron chi connectivity index (χ1n) is 9.15. The van der Waals surface area contributed by atoms with E-state index in [2.05, 4.69) is 4.99 Å². The van der Waals surface area contributed by atoms with Crippen LogP contribution in [0.15, 0.2) is 102 Å². The molecule has 29 heavy (non-hydrogen) atoms. The number of imide groups is 1. The summed E-state index contributed by atoms with van der Waals surface area (Å²) in [7, 11) is 0. The lowest BCUT2D eigenvalue weighted by molar-refractivity contribution is 0.0749. The Morgan fingerprint density at radius 1 is 0.793 bits per heavy atom. The second-order valence-electron chi connectivity index (χ2n) is 6.49. The average molecular weight is 382 g/mol. The summed E-state index contributed by atoms with van der Waals surface area (Å²) in [5.41, 5.74) is 1.92. The van der Waals surface area contributed by atoms with Gasteiger partial charge in [-0.2, -0.15) is 0 Å². The molecule has 1 aliphatic heterocycles. The van der Waals surface area contributed by atoms with Crippen LogP contribution in [-0.4, -0.2) is 22.5 Å². The van der Waals surface area contributed by atoms with Crippen LogP contribution in [0, 0.1) is 0 Å². The Morgan fingerprint density at radius 3 is 1.90 bits per heavy atom. The Balaban J connectivity index is 1.75. The van der Waals surface area contributed by atoms with Crippen molar-refractivity contribution in [3.63, 3.8) is 0 Å². The molecular formula is C24H18N2O3. The zero-order valence-corrected chi connectivity index (χ0v) is 15.8. The van der Waals surface area contributed by atoms with Crippen molar-refractivity contribution in [2.45, 2.75) is 6.92 Å². The fourth-order valence-corrected chi connectivity index (χ4v) is 3.03. The van der Waals surface area contributed by atoms with Gasteiger partial charge in [-0.1, -0.05) is 48.5 Å². The second-order valence-corrected chi connectivity index (χ2v) is 6.49. The van der Waals surface area contributed by atoms with Crippen molar-refractivity contribution in [1.82, 2.24) is 4.90 Å². The standard InChI is InChI=1S/C24H18N2O3/c1-17(16-29-19-12-6-3-7-13-19)22(25-18-10-4-2-5-11-18)26-23(27)20-14-8-9-15-21(20)24(26)28/h2-16H,1H3. The van der Waals surface area contributed by atoms with Gasteiger partial charge in [0.15, 0.2) is 0 Å². The monoisotopic (exact) mass is 382 g/mol. The summed E-state index contributed by atoms with van der Waals surface area (Å²) in [5.74, 6) is 0.0899. The van der Waals surface area contributed by atoms with Crippen molar-refractivity contribution in [1.29, 1.82) is 0 Å². The summed E-state index contributed by atoms with van der Waals surface area (Å²) in [6.45, 7) is 1.76. The smallest absolute Gasteiger partial charge is 0.267 e. The van der Waals surface area contributed by atoms with E-state index in [0.717, 1.165) is 4.90 Å². The molecule has 0 saturated heterocycles. The zero-order valence-electron chi connectivity index (χ0n) is 15.8. The summed E-state index contributed by atoms with van der Waals surface area (Å²) in [5, 5.41) is 0. The fraction of sp³-hybridized carbons (Fsp3) is 0.0417. The van der Waals surface area contributed by atoms with Gasteiger partial charge in [-0.05, 0) is 43.3 Å². The van der Waals surface area contributed by atoms with Gasteiger partial charge in [-0.15, -0.1) is 0 Å². The quantitative estimate of drug-likeness (QED) is 0.276. The van der Waals surface area contributed by atoms with Crippen molar-refractivity contribution in [2.24, 2.45) is 4.99 Å². The molecule has 0 radical (unpaired) electrons. The van der Waals surface area contributed by atoms with E-state index in [1.54, 1.807) is 31.2 Å². The van der Waals surface area contributed by atoms with E-state index >= 15 is 0 Å². The number of carbonyl (C=O) groups excluding carboxylic acids is 2. The molecule has 4 rings (SSSR count). The second kappa shape index (κ2) is 7.94. The van der Waals surface area contributed by atoms with Crippen LogP contribution in [-0.2, 0) is 0 Å². The van der Waals surface area contributed by atoms with Crippen molar-refractivity contribution >= 4 is 23.3 Å². The molecule has 0 saturated carbocycles. The van der Waals surface area contributed by atoms with Crippen molar-refractivity contribution in [3.8, 4) is 5.75 Å². The van der Waals surface area contributed by atoms with Crippen molar-refractivity contribution < 1.29 is 14.3 Å². The molecule has 3 aromatic carbocycles. The molecule has 0 aromatic heterocycles. The number of fused-ring (bicyclic) bond motifs is 1. The Morgan fingerprint density at radius 2 is 1.31 bits per heavy atom. The highest BCUT2D eigenvalue weighted by Gasteiger charge is 2.39. The number of rotatable bonds is 4. The third-order valence-corrected chi connectivity index (χ3v) is 4.46. The van der Waals surface area contributed by atoms with E-state index in [1.165, 1.54) is 6.26 Å². The van der Waals surface area contributed by atoms with Crippen LogP contribution < -0.4 is 4.74 Å². The molecule has 5 nitrogen and oxygen atoms in total. The van der Waals surface area contributed by atoms with Gasteiger partial charge in [-0.25, -0.2) is 9.89 Å². The van der Waals surface area contributed by atoms with Gasteiger partial charge in [0.05, 0.1) is 23.1 Å². The van der Waals surface area contributed by atoms with E-state index in [4.69, 9.17) is 4.74 Å². The molecule has 0 aliphatic carbocycles. The minimum absolute atomic E-state index is 0.235. The number of amidine groups is 1. The van der Waals surface area contributed by atoms with Gasteiger partial charge in [0.2, 0.25) is 0 Å². The average Bonchev–Trinajstić information content (AvgIpc) is 3.02. The number of hydrogen-bond acceptors (Lipinski definition) is 4. The van der Waals surface area contributed by atoms with E-state index in [-0.39, 0.29) is 5.84 Å². The lowest BCUT2D eigenvalue weighted by Gasteiger charge is -2.17. The molecule has 3 aromatic rings. The normalized spacial score (nSPS) is 14.2. The van der Waals surface area contributed by atoms with Crippen LogP contribution in [0.5, 0.6) is 5.75 Å². The molecule has 0 spiro atoms. The highest BCUT2D eigenvalue weighted by Crippen LogP contribution is 2.26. The highest BCUT2D eigenvalue weighted by molar-refractivity contribution is 6.32. The maximum atomic E-state index is 13.0. The highest BCUT2D eigenvalue weighted by atomic mass is 16.5. The number of hydrogen-bond donors (Lipinski definition) is 0. The zero-order chi connectivity index (χ0) is 20.2. The Hall–Kier alpha value is -3.99. The molecule has 0 unspecified atom stereocenters. The first-order chi connectivity index (χ1) is 14.1. The van der Waals surface area contributed by atoms with Gasteiger partial charge in [0.25, 0.3) is 11.8 Å². The first-order valence-corrected chi connectivity index (χ1v) is 9.15. The van der Waals surface area contributed by atoms with E-state index in [9.17, 15) is 9.59 Å². The van der Waals surface area contributed by atoms with Gasteiger partial charge >= 0.3 is 0 Å². The van der Waals surface area contributed by atoms with Gasteiger partial charge in [0.1, 0.15) is 11.6 Å². The largest absolute Gasteiger partial charge is 0.465 e. The summed E-state index contributed by atoms with van der Waals surface area (Å²) < 4.78 is 5.70. The predicted octanol–water partition coefficient (Wildman–Crippen LogP) is 5.00. The maximum absolute atomic E-state index is 13.0. The molecule has 142 valence electrons. The SMILES string of the molecule is CC(=COc1ccccc1)C(=Nc1ccccc1)N1C(=O)c2ccccc2C1=O. The number of para-hydroxylation sites is 2. The number of aliphatic imine (C=N–C) groups is 1. The van der Waals surface area contributed by atoms with Crippen molar-refractivity contribution in [2.75, 3.05) is 0 Å². The molecule has 0 atom stereocenters. The number of carbonyl (C=O) groups is 2. The minimum atomic E-state index is -0.396. The van der Waals surface area contributed by atoms with Gasteiger partial charge in [0, 0.05) is 5.57 Å².